The molecule has 2 N–H and O–H groups in total. The fourth-order valence-corrected chi connectivity index (χ4v) is 4.47. The molecule has 3 rings (SSSR count). The van der Waals surface area contributed by atoms with Crippen molar-refractivity contribution in [1.29, 1.82) is 5.26 Å². The molecule has 0 aliphatic heterocycles. The standard InChI is InChI=1S/C24H26F6N2O/c1-16(17-11-19(23(25,26)27)13-20(12-17)24(28,29)30)33-15-21(18-5-3-2-4-6-18)7-9-22(32,14-31)10-8-21/h2-6,11-12,16,19H,7-10,13,15,32H2,1H3/t16-,19?,21?,22?/m1/s1. The SMILES string of the molecule is C[C@@H](OCC1(c2ccccc2)CCC(N)(C#N)CC1)C1=CC(C(F)(F)F)CC(C(F)(F)F)=C1. The van der Waals surface area contributed by atoms with Crippen molar-refractivity contribution in [3.63, 3.8) is 0 Å². The highest BCUT2D eigenvalue weighted by atomic mass is 19.4. The minimum atomic E-state index is -4.85. The minimum absolute atomic E-state index is 0.0862. The Hall–Kier alpha value is -2.31. The van der Waals surface area contributed by atoms with Crippen molar-refractivity contribution in [2.45, 2.75) is 68.4 Å². The molecule has 2 atom stereocenters. The predicted molar refractivity (Wildman–Crippen MR) is 111 cm³/mol. The third-order valence-corrected chi connectivity index (χ3v) is 6.75. The molecule has 3 nitrogen and oxygen atoms in total. The number of nitriles is 1. The number of nitrogens with zero attached hydrogens (tertiary/aromatic N) is 1. The summed E-state index contributed by atoms with van der Waals surface area (Å²) >= 11 is 0. The van der Waals surface area contributed by atoms with Gasteiger partial charge in [0.2, 0.25) is 0 Å². The summed E-state index contributed by atoms with van der Waals surface area (Å²) in [5.41, 5.74) is 4.20. The number of alkyl halides is 6. The van der Waals surface area contributed by atoms with Gasteiger partial charge in [-0.2, -0.15) is 31.6 Å². The molecular weight excluding hydrogens is 446 g/mol. The van der Waals surface area contributed by atoms with Gasteiger partial charge in [-0.15, -0.1) is 0 Å². The van der Waals surface area contributed by atoms with Crippen molar-refractivity contribution in [1.82, 2.24) is 0 Å². The lowest BCUT2D eigenvalue weighted by molar-refractivity contribution is -0.166. The van der Waals surface area contributed by atoms with E-state index in [1.54, 1.807) is 0 Å². The molecule has 1 aromatic carbocycles. The largest absolute Gasteiger partial charge is 0.412 e. The molecule has 1 fully saturated rings. The van der Waals surface area contributed by atoms with Crippen LogP contribution in [0.4, 0.5) is 26.3 Å². The van der Waals surface area contributed by atoms with E-state index < -0.39 is 47.3 Å². The maximum atomic E-state index is 13.3. The normalized spacial score (nSPS) is 29.6. The second kappa shape index (κ2) is 9.15. The van der Waals surface area contributed by atoms with Gasteiger partial charge in [-0.3, -0.25) is 0 Å². The Morgan fingerprint density at radius 3 is 2.21 bits per heavy atom. The van der Waals surface area contributed by atoms with Gasteiger partial charge in [0.05, 0.1) is 24.7 Å². The first-order chi connectivity index (χ1) is 15.3. The van der Waals surface area contributed by atoms with E-state index in [0.717, 1.165) is 17.7 Å². The first kappa shape index (κ1) is 25.3. The lowest BCUT2D eigenvalue weighted by Gasteiger charge is -2.43. The van der Waals surface area contributed by atoms with Crippen LogP contribution in [0.3, 0.4) is 0 Å². The van der Waals surface area contributed by atoms with Gasteiger partial charge in [0.15, 0.2) is 0 Å². The summed E-state index contributed by atoms with van der Waals surface area (Å²) in [6, 6.07) is 11.5. The van der Waals surface area contributed by atoms with Crippen LogP contribution in [0.1, 0.15) is 44.6 Å². The molecule has 0 aromatic heterocycles. The molecule has 33 heavy (non-hydrogen) atoms. The maximum absolute atomic E-state index is 13.3. The molecule has 2 aliphatic carbocycles. The Bertz CT molecular complexity index is 934. The van der Waals surface area contributed by atoms with Gasteiger partial charge < -0.3 is 10.5 Å². The summed E-state index contributed by atoms with van der Waals surface area (Å²) in [6.45, 7) is 1.54. The van der Waals surface area contributed by atoms with E-state index in [0.29, 0.717) is 25.7 Å². The van der Waals surface area contributed by atoms with Gasteiger partial charge in [-0.1, -0.05) is 36.4 Å². The molecule has 1 saturated carbocycles. The van der Waals surface area contributed by atoms with Crippen LogP contribution in [-0.4, -0.2) is 30.6 Å². The Morgan fingerprint density at radius 1 is 1.09 bits per heavy atom. The lowest BCUT2D eigenvalue weighted by Crippen LogP contribution is -2.48. The van der Waals surface area contributed by atoms with Crippen LogP contribution in [0.2, 0.25) is 0 Å². The Morgan fingerprint density at radius 2 is 1.70 bits per heavy atom. The molecular formula is C24H26F6N2O. The second-order valence-electron chi connectivity index (χ2n) is 9.05. The highest BCUT2D eigenvalue weighted by Gasteiger charge is 2.46. The second-order valence-corrected chi connectivity index (χ2v) is 9.05. The van der Waals surface area contributed by atoms with Gasteiger partial charge in [-0.05, 0) is 56.2 Å². The van der Waals surface area contributed by atoms with E-state index in [1.165, 1.54) is 6.92 Å². The van der Waals surface area contributed by atoms with Crippen molar-refractivity contribution in [3.05, 3.63) is 59.2 Å². The Kier molecular flexibility index (Phi) is 7.02. The predicted octanol–water partition coefficient (Wildman–Crippen LogP) is 6.12. The molecule has 0 spiro atoms. The van der Waals surface area contributed by atoms with Gasteiger partial charge in [0, 0.05) is 11.0 Å². The van der Waals surface area contributed by atoms with Crippen molar-refractivity contribution < 1.29 is 31.1 Å². The van der Waals surface area contributed by atoms with Gasteiger partial charge in [0.1, 0.15) is 5.54 Å². The van der Waals surface area contributed by atoms with Crippen LogP contribution in [-0.2, 0) is 10.2 Å². The molecule has 9 heteroatoms. The van der Waals surface area contributed by atoms with Crippen molar-refractivity contribution >= 4 is 0 Å². The van der Waals surface area contributed by atoms with E-state index in [4.69, 9.17) is 10.5 Å². The average molecular weight is 472 g/mol. The minimum Gasteiger partial charge on any atom is -0.373 e. The van der Waals surface area contributed by atoms with Gasteiger partial charge in [-0.25, -0.2) is 0 Å². The molecule has 1 unspecified atom stereocenters. The van der Waals surface area contributed by atoms with Crippen LogP contribution in [0, 0.1) is 17.2 Å². The highest BCUT2D eigenvalue weighted by molar-refractivity contribution is 5.35. The third-order valence-electron chi connectivity index (χ3n) is 6.75. The summed E-state index contributed by atoms with van der Waals surface area (Å²) in [5, 5.41) is 9.36. The van der Waals surface area contributed by atoms with E-state index in [1.807, 2.05) is 30.3 Å². The molecule has 0 saturated heterocycles. The number of benzene rings is 1. The number of ether oxygens (including phenoxy) is 1. The zero-order chi connectivity index (χ0) is 24.5. The quantitative estimate of drug-likeness (QED) is 0.525. The van der Waals surface area contributed by atoms with Crippen LogP contribution in [0.25, 0.3) is 0 Å². The van der Waals surface area contributed by atoms with E-state index in [2.05, 4.69) is 6.07 Å². The average Bonchev–Trinajstić information content (AvgIpc) is 2.78. The number of halogens is 6. The zero-order valence-electron chi connectivity index (χ0n) is 18.1. The summed E-state index contributed by atoms with van der Waals surface area (Å²) < 4.78 is 85.6. The molecule has 0 heterocycles. The van der Waals surface area contributed by atoms with Crippen molar-refractivity contribution in [2.75, 3.05) is 6.61 Å². The van der Waals surface area contributed by atoms with E-state index in [9.17, 15) is 31.6 Å². The lowest BCUT2D eigenvalue weighted by atomic mass is 9.65. The van der Waals surface area contributed by atoms with Gasteiger partial charge in [0.25, 0.3) is 0 Å². The number of rotatable bonds is 5. The first-order valence-corrected chi connectivity index (χ1v) is 10.7. The Balaban J connectivity index is 1.84. The molecule has 0 bridgehead atoms. The number of allylic oxidation sites excluding steroid dienone is 2. The topological polar surface area (TPSA) is 59.0 Å². The summed E-state index contributed by atoms with van der Waals surface area (Å²) in [4.78, 5) is 0. The Labute approximate surface area is 188 Å². The summed E-state index contributed by atoms with van der Waals surface area (Å²) in [5.74, 6) is -2.22. The fraction of sp³-hybridized carbons (Fsp3) is 0.542. The highest BCUT2D eigenvalue weighted by Crippen LogP contribution is 2.44. The molecule has 0 amide bonds. The molecule has 2 aliphatic rings. The van der Waals surface area contributed by atoms with Gasteiger partial charge >= 0.3 is 12.4 Å². The van der Waals surface area contributed by atoms with Crippen LogP contribution < -0.4 is 5.73 Å². The molecule has 0 radical (unpaired) electrons. The summed E-state index contributed by atoms with van der Waals surface area (Å²) in [7, 11) is 0. The molecule has 180 valence electrons. The van der Waals surface area contributed by atoms with Crippen LogP contribution >= 0.6 is 0 Å². The summed E-state index contributed by atoms with van der Waals surface area (Å²) in [6.07, 6.45) is -8.30. The third kappa shape index (κ3) is 5.79. The zero-order valence-corrected chi connectivity index (χ0v) is 18.1. The molecule has 1 aromatic rings. The fourth-order valence-electron chi connectivity index (χ4n) is 4.47. The van der Waals surface area contributed by atoms with Crippen LogP contribution in [0.15, 0.2) is 53.6 Å². The van der Waals surface area contributed by atoms with Crippen molar-refractivity contribution in [2.24, 2.45) is 11.7 Å². The van der Waals surface area contributed by atoms with Crippen LogP contribution in [0.5, 0.6) is 0 Å². The maximum Gasteiger partial charge on any atom is 0.412 e. The van der Waals surface area contributed by atoms with E-state index >= 15 is 0 Å². The first-order valence-electron chi connectivity index (χ1n) is 10.7. The monoisotopic (exact) mass is 472 g/mol. The number of nitrogens with two attached hydrogens (primary N) is 1. The number of hydrogen-bond acceptors (Lipinski definition) is 3. The van der Waals surface area contributed by atoms with Crippen molar-refractivity contribution in [3.8, 4) is 6.07 Å². The number of hydrogen-bond donors (Lipinski definition) is 1. The van der Waals surface area contributed by atoms with E-state index in [-0.39, 0.29) is 12.2 Å². The smallest absolute Gasteiger partial charge is 0.373 e.